The van der Waals surface area contributed by atoms with Crippen molar-refractivity contribution in [2.75, 3.05) is 0 Å². The highest BCUT2D eigenvalue weighted by Gasteiger charge is 2.16. The maximum absolute atomic E-state index is 6.18. The Balaban J connectivity index is 2.07. The second-order valence-electron chi connectivity index (χ2n) is 3.91. The van der Waals surface area contributed by atoms with E-state index < -0.39 is 0 Å². The van der Waals surface area contributed by atoms with E-state index in [1.54, 1.807) is 18.7 Å². The van der Waals surface area contributed by atoms with Gasteiger partial charge in [-0.2, -0.15) is 0 Å². The molecule has 4 nitrogen and oxygen atoms in total. The SMILES string of the molecule is NC(c1ccc2nccnc2c1)c1occc1Br. The first-order valence-electron chi connectivity index (χ1n) is 5.45. The summed E-state index contributed by atoms with van der Waals surface area (Å²) in [5, 5.41) is 0. The fourth-order valence-corrected chi connectivity index (χ4v) is 2.30. The zero-order chi connectivity index (χ0) is 12.5. The van der Waals surface area contributed by atoms with Crippen LogP contribution in [0.2, 0.25) is 0 Å². The molecule has 0 fully saturated rings. The van der Waals surface area contributed by atoms with Gasteiger partial charge >= 0.3 is 0 Å². The number of hydrogen-bond acceptors (Lipinski definition) is 4. The molecular formula is C13H10BrN3O. The third-order valence-electron chi connectivity index (χ3n) is 2.78. The minimum absolute atomic E-state index is 0.319. The van der Waals surface area contributed by atoms with Gasteiger partial charge in [-0.3, -0.25) is 9.97 Å². The molecule has 3 aromatic rings. The number of aromatic nitrogens is 2. The van der Waals surface area contributed by atoms with E-state index in [0.29, 0.717) is 5.76 Å². The molecule has 2 heterocycles. The number of hydrogen-bond donors (Lipinski definition) is 1. The van der Waals surface area contributed by atoms with Crippen LogP contribution in [0, 0.1) is 0 Å². The second kappa shape index (κ2) is 4.51. The van der Waals surface area contributed by atoms with Crippen molar-refractivity contribution in [2.45, 2.75) is 6.04 Å². The zero-order valence-corrected chi connectivity index (χ0v) is 11.0. The van der Waals surface area contributed by atoms with Gasteiger partial charge in [0.2, 0.25) is 0 Å². The van der Waals surface area contributed by atoms with Gasteiger partial charge in [0.1, 0.15) is 5.76 Å². The van der Waals surface area contributed by atoms with Crippen LogP contribution in [0.1, 0.15) is 17.4 Å². The van der Waals surface area contributed by atoms with Crippen molar-refractivity contribution in [1.29, 1.82) is 0 Å². The van der Waals surface area contributed by atoms with Crippen molar-refractivity contribution in [3.8, 4) is 0 Å². The molecule has 0 bridgehead atoms. The Bertz CT molecular complexity index is 695. The van der Waals surface area contributed by atoms with Crippen molar-refractivity contribution < 1.29 is 4.42 Å². The average molecular weight is 304 g/mol. The van der Waals surface area contributed by atoms with Crippen LogP contribution < -0.4 is 5.73 Å². The molecule has 18 heavy (non-hydrogen) atoms. The first kappa shape index (κ1) is 11.4. The third-order valence-corrected chi connectivity index (χ3v) is 3.43. The van der Waals surface area contributed by atoms with Crippen LogP contribution in [0.3, 0.4) is 0 Å². The Morgan fingerprint density at radius 3 is 2.61 bits per heavy atom. The van der Waals surface area contributed by atoms with Crippen LogP contribution in [0.25, 0.3) is 11.0 Å². The van der Waals surface area contributed by atoms with E-state index in [-0.39, 0.29) is 6.04 Å². The third kappa shape index (κ3) is 1.91. The van der Waals surface area contributed by atoms with Gasteiger partial charge in [0, 0.05) is 12.4 Å². The van der Waals surface area contributed by atoms with Gasteiger partial charge in [0.05, 0.1) is 27.8 Å². The molecular weight excluding hydrogens is 294 g/mol. The van der Waals surface area contributed by atoms with Gasteiger partial charge in [-0.15, -0.1) is 0 Å². The van der Waals surface area contributed by atoms with E-state index in [0.717, 1.165) is 21.1 Å². The molecule has 2 N–H and O–H groups in total. The lowest BCUT2D eigenvalue weighted by molar-refractivity contribution is 0.487. The number of halogens is 1. The van der Waals surface area contributed by atoms with Crippen LogP contribution in [0.5, 0.6) is 0 Å². The summed E-state index contributed by atoms with van der Waals surface area (Å²) in [5.74, 6) is 0.707. The molecule has 0 aliphatic rings. The summed E-state index contributed by atoms with van der Waals surface area (Å²) in [6.45, 7) is 0. The molecule has 3 rings (SSSR count). The Hall–Kier alpha value is -1.72. The van der Waals surface area contributed by atoms with Crippen LogP contribution in [-0.4, -0.2) is 9.97 Å². The summed E-state index contributed by atoms with van der Waals surface area (Å²) >= 11 is 3.41. The Kier molecular flexibility index (Phi) is 2.85. The van der Waals surface area contributed by atoms with E-state index in [9.17, 15) is 0 Å². The lowest BCUT2D eigenvalue weighted by Crippen LogP contribution is -2.11. The standard InChI is InChI=1S/C13H10BrN3O/c14-9-3-6-18-13(9)12(15)8-1-2-10-11(7-8)17-5-4-16-10/h1-7,12H,15H2. The number of nitrogens with two attached hydrogens (primary N) is 1. The summed E-state index contributed by atoms with van der Waals surface area (Å²) in [5.41, 5.74) is 8.80. The highest BCUT2D eigenvalue weighted by Crippen LogP contribution is 2.28. The van der Waals surface area contributed by atoms with E-state index >= 15 is 0 Å². The van der Waals surface area contributed by atoms with Crippen LogP contribution in [-0.2, 0) is 0 Å². The van der Waals surface area contributed by atoms with Gasteiger partial charge in [0.25, 0.3) is 0 Å². The quantitative estimate of drug-likeness (QED) is 0.790. The number of furan rings is 1. The maximum atomic E-state index is 6.18. The fourth-order valence-electron chi connectivity index (χ4n) is 1.85. The fraction of sp³-hybridized carbons (Fsp3) is 0.0769. The van der Waals surface area contributed by atoms with Crippen LogP contribution >= 0.6 is 15.9 Å². The Morgan fingerprint density at radius 2 is 1.89 bits per heavy atom. The van der Waals surface area contributed by atoms with E-state index in [1.807, 2.05) is 24.3 Å². The van der Waals surface area contributed by atoms with Gasteiger partial charge in [0.15, 0.2) is 0 Å². The van der Waals surface area contributed by atoms with Crippen molar-refractivity contribution in [3.05, 3.63) is 58.7 Å². The molecule has 1 atom stereocenters. The monoisotopic (exact) mass is 303 g/mol. The lowest BCUT2D eigenvalue weighted by Gasteiger charge is -2.10. The number of nitrogens with zero attached hydrogens (tertiary/aromatic N) is 2. The zero-order valence-electron chi connectivity index (χ0n) is 9.38. The van der Waals surface area contributed by atoms with Crippen molar-refractivity contribution in [3.63, 3.8) is 0 Å². The Labute approximate surface area is 112 Å². The van der Waals surface area contributed by atoms with Crippen molar-refractivity contribution >= 4 is 27.0 Å². The van der Waals surface area contributed by atoms with Gasteiger partial charge in [-0.25, -0.2) is 0 Å². The maximum Gasteiger partial charge on any atom is 0.139 e. The summed E-state index contributed by atoms with van der Waals surface area (Å²) in [6.07, 6.45) is 4.95. The molecule has 5 heteroatoms. The molecule has 1 unspecified atom stereocenters. The van der Waals surface area contributed by atoms with E-state index in [1.165, 1.54) is 0 Å². The van der Waals surface area contributed by atoms with Crippen LogP contribution in [0.15, 0.2) is 51.8 Å². The molecule has 0 aliphatic heterocycles. The minimum Gasteiger partial charge on any atom is -0.466 e. The molecule has 1 aromatic carbocycles. The molecule has 2 aromatic heterocycles. The van der Waals surface area contributed by atoms with E-state index in [4.69, 9.17) is 10.2 Å². The number of fused-ring (bicyclic) bond motifs is 1. The normalized spacial score (nSPS) is 12.8. The number of benzene rings is 1. The molecule has 0 saturated heterocycles. The summed E-state index contributed by atoms with van der Waals surface area (Å²) in [7, 11) is 0. The van der Waals surface area contributed by atoms with Crippen LogP contribution in [0.4, 0.5) is 0 Å². The Morgan fingerprint density at radius 1 is 1.11 bits per heavy atom. The second-order valence-corrected chi connectivity index (χ2v) is 4.77. The molecule has 0 spiro atoms. The molecule has 0 saturated carbocycles. The topological polar surface area (TPSA) is 64.9 Å². The van der Waals surface area contributed by atoms with Gasteiger partial charge in [-0.05, 0) is 39.7 Å². The predicted octanol–water partition coefficient (Wildman–Crippen LogP) is 3.03. The highest BCUT2D eigenvalue weighted by atomic mass is 79.9. The summed E-state index contributed by atoms with van der Waals surface area (Å²) in [6, 6.07) is 7.30. The van der Waals surface area contributed by atoms with Gasteiger partial charge < -0.3 is 10.2 Å². The number of rotatable bonds is 2. The largest absolute Gasteiger partial charge is 0.466 e. The van der Waals surface area contributed by atoms with Crippen molar-refractivity contribution in [1.82, 2.24) is 9.97 Å². The molecule has 0 radical (unpaired) electrons. The summed E-state index contributed by atoms with van der Waals surface area (Å²) in [4.78, 5) is 8.49. The first-order chi connectivity index (χ1) is 8.75. The molecule has 90 valence electrons. The average Bonchev–Trinajstić information content (AvgIpc) is 2.83. The first-order valence-corrected chi connectivity index (χ1v) is 6.24. The summed E-state index contributed by atoms with van der Waals surface area (Å²) < 4.78 is 6.25. The molecule has 0 amide bonds. The molecule has 0 aliphatic carbocycles. The van der Waals surface area contributed by atoms with E-state index in [2.05, 4.69) is 25.9 Å². The smallest absolute Gasteiger partial charge is 0.139 e. The highest BCUT2D eigenvalue weighted by molar-refractivity contribution is 9.10. The predicted molar refractivity (Wildman–Crippen MR) is 72.0 cm³/mol. The van der Waals surface area contributed by atoms with Gasteiger partial charge in [-0.1, -0.05) is 6.07 Å². The lowest BCUT2D eigenvalue weighted by atomic mass is 10.0. The van der Waals surface area contributed by atoms with Crippen molar-refractivity contribution in [2.24, 2.45) is 5.73 Å². The minimum atomic E-state index is -0.319.